The fraction of sp³-hybridized carbons (Fsp3) is 0.158. The van der Waals surface area contributed by atoms with Gasteiger partial charge in [-0.3, -0.25) is 4.98 Å². The van der Waals surface area contributed by atoms with E-state index < -0.39 is 0 Å². The van der Waals surface area contributed by atoms with Crippen molar-refractivity contribution in [3.05, 3.63) is 74.1 Å². The third kappa shape index (κ3) is 3.57. The van der Waals surface area contributed by atoms with E-state index in [-0.39, 0.29) is 12.1 Å². The van der Waals surface area contributed by atoms with Gasteiger partial charge in [0.15, 0.2) is 5.11 Å². The fourth-order valence-electron chi connectivity index (χ4n) is 3.21. The summed E-state index contributed by atoms with van der Waals surface area (Å²) in [6, 6.07) is 13.6. The number of methoxy groups -OCH3 is 1. The zero-order chi connectivity index (χ0) is 19.0. The first-order valence-electron chi connectivity index (χ1n) is 8.16. The van der Waals surface area contributed by atoms with Crippen LogP contribution in [0.1, 0.15) is 22.7 Å². The Bertz CT molecular complexity index is 982. The summed E-state index contributed by atoms with van der Waals surface area (Å²) < 4.78 is 6.33. The summed E-state index contributed by atoms with van der Waals surface area (Å²) in [5.41, 5.74) is 1.85. The van der Waals surface area contributed by atoms with Gasteiger partial charge in [-0.15, -0.1) is 11.3 Å². The maximum absolute atomic E-state index is 6.37. The topological polar surface area (TPSA) is 37.4 Å². The predicted molar refractivity (Wildman–Crippen MR) is 118 cm³/mol. The summed E-state index contributed by atoms with van der Waals surface area (Å²) in [6.45, 7) is 0. The van der Waals surface area contributed by atoms with Gasteiger partial charge in [-0.2, -0.15) is 0 Å². The lowest BCUT2D eigenvalue weighted by Crippen LogP contribution is -2.29. The van der Waals surface area contributed by atoms with Crippen molar-refractivity contribution in [3.63, 3.8) is 0 Å². The number of ether oxygens (including phenoxy) is 1. The molecule has 0 amide bonds. The van der Waals surface area contributed by atoms with Gasteiger partial charge in [-0.05, 0) is 64.5 Å². The van der Waals surface area contributed by atoms with Gasteiger partial charge in [0.1, 0.15) is 5.75 Å². The molecule has 4 nitrogen and oxygen atoms in total. The number of anilines is 1. The molecule has 0 radical (unpaired) electrons. The number of thiophene rings is 1. The highest BCUT2D eigenvalue weighted by molar-refractivity contribution is 9.10. The quantitative estimate of drug-likeness (QED) is 0.482. The van der Waals surface area contributed by atoms with Crippen LogP contribution < -0.4 is 15.0 Å². The molecule has 1 aliphatic rings. The summed E-state index contributed by atoms with van der Waals surface area (Å²) in [5.74, 6) is 0.634. The number of nitrogens with one attached hydrogen (secondary N) is 1. The Balaban J connectivity index is 1.81. The van der Waals surface area contributed by atoms with Crippen molar-refractivity contribution in [3.8, 4) is 5.75 Å². The molecule has 4 rings (SSSR count). The number of benzene rings is 1. The summed E-state index contributed by atoms with van der Waals surface area (Å²) in [7, 11) is 1.60. The van der Waals surface area contributed by atoms with Crippen molar-refractivity contribution in [1.82, 2.24) is 10.3 Å². The van der Waals surface area contributed by atoms with E-state index in [0.717, 1.165) is 15.9 Å². The van der Waals surface area contributed by atoms with E-state index in [1.807, 2.05) is 36.4 Å². The number of nitrogens with zero attached hydrogens (tertiary/aromatic N) is 2. The van der Waals surface area contributed by atoms with E-state index in [2.05, 4.69) is 42.6 Å². The lowest BCUT2D eigenvalue weighted by Gasteiger charge is -2.27. The van der Waals surface area contributed by atoms with Crippen LogP contribution in [0.15, 0.2) is 58.5 Å². The fourth-order valence-corrected chi connectivity index (χ4v) is 5.38. The molecular formula is C19H15BrClN3OS2. The molecule has 0 saturated carbocycles. The summed E-state index contributed by atoms with van der Waals surface area (Å²) in [4.78, 5) is 7.82. The first kappa shape index (κ1) is 18.7. The van der Waals surface area contributed by atoms with E-state index in [1.54, 1.807) is 24.6 Å². The maximum Gasteiger partial charge on any atom is 0.174 e. The summed E-state index contributed by atoms with van der Waals surface area (Å²) in [5, 5.41) is 6.70. The Kier molecular flexibility index (Phi) is 5.36. The van der Waals surface area contributed by atoms with Crippen molar-refractivity contribution >= 4 is 61.9 Å². The van der Waals surface area contributed by atoms with E-state index in [9.17, 15) is 0 Å². The highest BCUT2D eigenvalue weighted by Crippen LogP contribution is 2.45. The third-order valence-corrected chi connectivity index (χ3v) is 6.76. The minimum atomic E-state index is -0.0647. The molecule has 2 aromatic heterocycles. The molecule has 0 bridgehead atoms. The van der Waals surface area contributed by atoms with Crippen molar-refractivity contribution in [2.75, 3.05) is 12.0 Å². The molecule has 3 heterocycles. The predicted octanol–water partition coefficient (Wildman–Crippen LogP) is 5.74. The average molecular weight is 481 g/mol. The largest absolute Gasteiger partial charge is 0.495 e. The van der Waals surface area contributed by atoms with Crippen LogP contribution in [0.4, 0.5) is 5.69 Å². The molecule has 2 atom stereocenters. The summed E-state index contributed by atoms with van der Waals surface area (Å²) >= 11 is 17.3. The summed E-state index contributed by atoms with van der Waals surface area (Å²) in [6.07, 6.45) is 1.80. The van der Waals surface area contributed by atoms with E-state index >= 15 is 0 Å². The molecule has 1 aromatic carbocycles. The lowest BCUT2D eigenvalue weighted by molar-refractivity contribution is 0.415. The van der Waals surface area contributed by atoms with Crippen molar-refractivity contribution < 1.29 is 4.74 Å². The van der Waals surface area contributed by atoms with Gasteiger partial charge >= 0.3 is 0 Å². The normalized spacial score (nSPS) is 19.2. The number of pyridine rings is 1. The number of halogens is 2. The maximum atomic E-state index is 6.37. The molecule has 1 N–H and O–H groups in total. The second-order valence-corrected chi connectivity index (χ2v) is 8.64. The Labute approximate surface area is 180 Å². The molecule has 1 aliphatic heterocycles. The Morgan fingerprint density at radius 2 is 2.15 bits per heavy atom. The molecule has 8 heteroatoms. The number of hydrogen-bond acceptors (Lipinski definition) is 4. The van der Waals surface area contributed by atoms with Crippen LogP contribution in [0, 0.1) is 0 Å². The van der Waals surface area contributed by atoms with Gasteiger partial charge in [0, 0.05) is 26.6 Å². The first-order chi connectivity index (χ1) is 13.1. The highest BCUT2D eigenvalue weighted by atomic mass is 79.9. The number of hydrogen-bond donors (Lipinski definition) is 1. The van der Waals surface area contributed by atoms with Crippen LogP contribution in [-0.2, 0) is 0 Å². The van der Waals surface area contributed by atoms with Gasteiger partial charge in [-0.25, -0.2) is 0 Å². The van der Waals surface area contributed by atoms with E-state index in [4.69, 9.17) is 28.6 Å². The van der Waals surface area contributed by atoms with Crippen LogP contribution in [0.5, 0.6) is 5.75 Å². The van der Waals surface area contributed by atoms with Gasteiger partial charge in [0.2, 0.25) is 0 Å². The second kappa shape index (κ2) is 7.75. The Morgan fingerprint density at radius 1 is 1.30 bits per heavy atom. The molecular weight excluding hydrogens is 466 g/mol. The Hall–Kier alpha value is -1.67. The van der Waals surface area contributed by atoms with Crippen molar-refractivity contribution in [1.29, 1.82) is 0 Å². The molecule has 138 valence electrons. The van der Waals surface area contributed by atoms with Gasteiger partial charge < -0.3 is 15.0 Å². The van der Waals surface area contributed by atoms with E-state index in [1.165, 1.54) is 4.88 Å². The number of rotatable bonds is 4. The zero-order valence-electron chi connectivity index (χ0n) is 14.2. The van der Waals surface area contributed by atoms with Crippen LogP contribution >= 0.6 is 51.1 Å². The molecule has 0 spiro atoms. The van der Waals surface area contributed by atoms with Crippen molar-refractivity contribution in [2.45, 2.75) is 12.1 Å². The second-order valence-electron chi connectivity index (χ2n) is 5.98. The molecule has 1 saturated heterocycles. The van der Waals surface area contributed by atoms with E-state index in [0.29, 0.717) is 15.9 Å². The van der Waals surface area contributed by atoms with Crippen LogP contribution in [0.25, 0.3) is 0 Å². The van der Waals surface area contributed by atoms with Gasteiger partial charge in [0.05, 0.1) is 29.9 Å². The van der Waals surface area contributed by atoms with Gasteiger partial charge in [0.25, 0.3) is 0 Å². The number of thiocarbonyl (C=S) groups is 1. The standard InChI is InChI=1S/C19H15BrClN3OS2/c1-25-15-6-5-12(9-13(15)21)24-18(16-8-11(20)10-27-16)17(23-19(24)26)14-4-2-3-7-22-14/h2-10,17-18H,1H3,(H,23,26)/t17-,18+/m0/s1. The van der Waals surface area contributed by atoms with Crippen LogP contribution in [0.2, 0.25) is 5.02 Å². The molecule has 0 aliphatic carbocycles. The Morgan fingerprint density at radius 3 is 2.78 bits per heavy atom. The number of aromatic nitrogens is 1. The average Bonchev–Trinajstić information content (AvgIpc) is 3.25. The van der Waals surface area contributed by atoms with Crippen LogP contribution in [0.3, 0.4) is 0 Å². The minimum Gasteiger partial charge on any atom is -0.495 e. The zero-order valence-corrected chi connectivity index (χ0v) is 18.2. The monoisotopic (exact) mass is 479 g/mol. The molecule has 1 fully saturated rings. The van der Waals surface area contributed by atoms with Crippen molar-refractivity contribution in [2.24, 2.45) is 0 Å². The molecule has 27 heavy (non-hydrogen) atoms. The highest BCUT2D eigenvalue weighted by Gasteiger charge is 2.41. The van der Waals surface area contributed by atoms with Gasteiger partial charge in [-0.1, -0.05) is 17.7 Å². The minimum absolute atomic E-state index is 0.0341. The third-order valence-electron chi connectivity index (χ3n) is 4.39. The smallest absolute Gasteiger partial charge is 0.174 e. The lowest BCUT2D eigenvalue weighted by atomic mass is 10.0. The molecule has 0 unspecified atom stereocenters. The molecule has 3 aromatic rings. The SMILES string of the molecule is COc1ccc(N2C(=S)N[C@@H](c3ccccn3)[C@H]2c2cc(Br)cs2)cc1Cl. The first-order valence-corrected chi connectivity index (χ1v) is 10.6. The van der Waals surface area contributed by atoms with Crippen LogP contribution in [-0.4, -0.2) is 17.2 Å².